The number of nitrogens with zero attached hydrogens (tertiary/aromatic N) is 5. The second kappa shape index (κ2) is 42.3. The number of nitrogens with one attached hydrogen (secondary N) is 10. The van der Waals surface area contributed by atoms with E-state index in [1.165, 1.54) is 43.3 Å². The molecule has 4 saturated heterocycles. The van der Waals surface area contributed by atoms with Crippen molar-refractivity contribution in [3.63, 3.8) is 0 Å². The maximum atomic E-state index is 14.8. The van der Waals surface area contributed by atoms with Crippen molar-refractivity contribution in [1.29, 1.82) is 0 Å². The zero-order valence-electron chi connectivity index (χ0n) is 62.0. The molecule has 39 heteroatoms. The molecular formula is C72H100N16O22S. The fourth-order valence-electron chi connectivity index (χ4n) is 13.7. The maximum Gasteiger partial charge on any atom is 0.305 e. The summed E-state index contributed by atoms with van der Waals surface area (Å²) < 4.78 is 0. The minimum atomic E-state index is -1.82. The van der Waals surface area contributed by atoms with E-state index in [0.717, 1.165) is 31.4 Å². The summed E-state index contributed by atoms with van der Waals surface area (Å²) in [4.78, 5) is 244. The summed E-state index contributed by atoms with van der Waals surface area (Å²) in [5.41, 5.74) is 7.62. The number of aromatic amines is 1. The van der Waals surface area contributed by atoms with Gasteiger partial charge in [-0.15, -0.1) is 0 Å². The number of aliphatic carboxylic acids is 3. The molecule has 4 fully saturated rings. The second-order valence-corrected chi connectivity index (χ2v) is 28.9. The lowest BCUT2D eigenvalue weighted by Gasteiger charge is -2.38. The number of aliphatic hydroxyl groups excluding tert-OH is 1. The summed E-state index contributed by atoms with van der Waals surface area (Å²) in [6.07, 6.45) is -2.07. The van der Waals surface area contributed by atoms with Crippen molar-refractivity contribution >= 4 is 123 Å². The fraction of sp³-hybridized carbons (Fsp3) is 0.569. The first-order valence-electron chi connectivity index (χ1n) is 36.9. The molecule has 2 aromatic carbocycles. The molecule has 17 N–H and O–H groups in total. The number of aromatic nitrogens is 1. The van der Waals surface area contributed by atoms with Crippen LogP contribution in [0.3, 0.4) is 0 Å². The molecule has 0 saturated carbocycles. The number of para-hydroxylation sites is 1. The van der Waals surface area contributed by atoms with Gasteiger partial charge in [-0.05, 0) is 93.7 Å². The van der Waals surface area contributed by atoms with Gasteiger partial charge in [0.25, 0.3) is 0 Å². The molecule has 11 atom stereocenters. The molecule has 3 aromatic rings. The van der Waals surface area contributed by atoms with Crippen LogP contribution in [0.5, 0.6) is 5.75 Å². The highest BCUT2D eigenvalue weighted by atomic mass is 32.2. The Kier molecular flexibility index (Phi) is 33.2. The van der Waals surface area contributed by atoms with Crippen LogP contribution in [0.15, 0.2) is 54.7 Å². The molecule has 0 radical (unpaired) electrons. The molecule has 4 aliphatic rings. The van der Waals surface area contributed by atoms with Gasteiger partial charge in [0.2, 0.25) is 82.7 Å². The number of piperidine rings is 1. The number of benzene rings is 2. The number of carboxylic acid groups (broad SMARTS) is 3. The minimum absolute atomic E-state index is 0.0131. The largest absolute Gasteiger partial charge is 0.508 e. The molecule has 606 valence electrons. The Hall–Kier alpha value is -11.0. The first-order valence-corrected chi connectivity index (χ1v) is 38.0. The highest BCUT2D eigenvalue weighted by molar-refractivity contribution is 7.99. The Bertz CT molecular complexity index is 3900. The third kappa shape index (κ3) is 25.6. The Morgan fingerprint density at radius 2 is 1.13 bits per heavy atom. The summed E-state index contributed by atoms with van der Waals surface area (Å²) in [6.45, 7) is -1.60. The van der Waals surface area contributed by atoms with Gasteiger partial charge >= 0.3 is 17.9 Å². The van der Waals surface area contributed by atoms with Gasteiger partial charge in [0, 0.05) is 95.2 Å². The second-order valence-electron chi connectivity index (χ2n) is 27.8. The van der Waals surface area contributed by atoms with E-state index >= 15 is 0 Å². The van der Waals surface area contributed by atoms with E-state index in [1.807, 2.05) is 6.92 Å². The Balaban J connectivity index is 1.17. The predicted octanol–water partition coefficient (Wildman–Crippen LogP) is -3.97. The number of carbonyl (C=O) groups excluding carboxylic acids is 14. The molecular weight excluding hydrogens is 1470 g/mol. The van der Waals surface area contributed by atoms with Crippen LogP contribution in [-0.2, 0) is 94.3 Å². The van der Waals surface area contributed by atoms with E-state index in [9.17, 15) is 107 Å². The van der Waals surface area contributed by atoms with Crippen LogP contribution in [0.1, 0.15) is 114 Å². The lowest BCUT2D eigenvalue weighted by molar-refractivity contribution is -0.149. The lowest BCUT2D eigenvalue weighted by Crippen LogP contribution is -2.61. The molecule has 0 aliphatic carbocycles. The molecule has 0 spiro atoms. The molecule has 7 rings (SSSR count). The van der Waals surface area contributed by atoms with Gasteiger partial charge in [0.1, 0.15) is 66.2 Å². The van der Waals surface area contributed by atoms with Gasteiger partial charge in [-0.2, -0.15) is 11.8 Å². The zero-order chi connectivity index (χ0) is 81.2. The predicted molar refractivity (Wildman–Crippen MR) is 395 cm³/mol. The van der Waals surface area contributed by atoms with Crippen molar-refractivity contribution in [1.82, 2.24) is 77.3 Å². The number of aliphatic hydroxyl groups is 1. The summed E-state index contributed by atoms with van der Waals surface area (Å²) >= 11 is 1.01. The number of likely N-dealkylation sites (N-methyl/N-ethyl adjacent to an activating group) is 2. The number of phenolic OH excluding ortho intramolecular Hbond substituents is 1. The quantitative estimate of drug-likeness (QED) is 0.0613. The number of nitrogens with two attached hydrogens (primary N) is 1. The van der Waals surface area contributed by atoms with E-state index in [0.29, 0.717) is 47.7 Å². The zero-order valence-corrected chi connectivity index (χ0v) is 62.9. The average molecular weight is 1570 g/mol. The normalized spacial score (nSPS) is 25.5. The number of carboxylic acids is 3. The number of fused-ring (bicyclic) bond motifs is 4. The Morgan fingerprint density at radius 1 is 0.559 bits per heavy atom. The number of H-pyrrole nitrogens is 1. The molecule has 38 nitrogen and oxygen atoms in total. The van der Waals surface area contributed by atoms with E-state index in [1.54, 1.807) is 30.5 Å². The van der Waals surface area contributed by atoms with Crippen LogP contribution < -0.4 is 53.6 Å². The number of hydrogen-bond acceptors (Lipinski definition) is 21. The highest BCUT2D eigenvalue weighted by Crippen LogP contribution is 2.26. The number of carbonyl (C=O) groups is 17. The van der Waals surface area contributed by atoms with E-state index < -0.39 is 232 Å². The first kappa shape index (κ1) is 87.3. The maximum absolute atomic E-state index is 14.8. The third-order valence-corrected chi connectivity index (χ3v) is 20.5. The van der Waals surface area contributed by atoms with E-state index in [-0.39, 0.29) is 88.4 Å². The van der Waals surface area contributed by atoms with Crippen molar-refractivity contribution < 1.29 is 107 Å². The van der Waals surface area contributed by atoms with Crippen LogP contribution in [0.4, 0.5) is 0 Å². The molecule has 14 amide bonds. The summed E-state index contributed by atoms with van der Waals surface area (Å²) in [5.74, 6) is -17.2. The molecule has 0 bridgehead atoms. The van der Waals surface area contributed by atoms with Gasteiger partial charge < -0.3 is 109 Å². The number of aromatic hydroxyl groups is 1. The Morgan fingerprint density at radius 3 is 1.78 bits per heavy atom. The van der Waals surface area contributed by atoms with Crippen LogP contribution in [0.2, 0.25) is 0 Å². The van der Waals surface area contributed by atoms with Crippen LogP contribution in [0, 0.1) is 0 Å². The van der Waals surface area contributed by atoms with Gasteiger partial charge in [-0.1, -0.05) is 50.1 Å². The standard InChI is InChI=1S/C72H100N16O22S/c1-4-5-13-52-67(105)81-46(20-22-60(95)96)63(101)74-26-29-111-39-58(93)80-49(30-40-16-18-42(89)19-17-40)71(109)86-27-9-8-14-54(86)68(106)83-51(33-62(99)100)72(110)87-28-10-15-53(87)65(103)76-36-57(92)79-48(21-23-61(97)98)70(108)88-37-43(90)32-55(88)66(104)77-35-56(91)78-47(24-25-73)64(102)82-50(69(107)84(2)38-59(94)85(52)3)31-41-34-75-45-12-7-6-11-44(41)45/h6-7,11-12,16-19,34,43,46-55,75,89-90H,4-5,8-10,13-15,20-33,35-39,73H2,1-3H3,(H,74,101)(H,76,103)(H,77,104)(H,78,91)(H,79,92)(H,80,93)(H,81,105)(H,82,102)(H,83,106)(H,95,96)(H,97,98)(H,99,100)/t43-,46+,47+,48+,49+,50+,51+,52+,53+,54+,55+/m1/s1. The van der Waals surface area contributed by atoms with Gasteiger partial charge in [0.05, 0.1) is 37.9 Å². The van der Waals surface area contributed by atoms with Crippen molar-refractivity contribution in [3.05, 3.63) is 65.9 Å². The number of amides is 14. The summed E-state index contributed by atoms with van der Waals surface area (Å²) in [6, 6.07) is -2.02. The molecule has 5 heterocycles. The number of hydrogen-bond donors (Lipinski definition) is 16. The Labute approximate surface area is 642 Å². The van der Waals surface area contributed by atoms with Crippen molar-refractivity contribution in [2.45, 2.75) is 183 Å². The lowest BCUT2D eigenvalue weighted by atomic mass is 9.97. The average Bonchev–Trinajstić information content (AvgIpc) is 1.80. The van der Waals surface area contributed by atoms with Crippen molar-refractivity contribution in [2.24, 2.45) is 5.73 Å². The van der Waals surface area contributed by atoms with Crippen LogP contribution >= 0.6 is 11.8 Å². The number of thioether (sulfide) groups is 1. The van der Waals surface area contributed by atoms with Gasteiger partial charge in [-0.3, -0.25) is 81.5 Å². The number of rotatable bonds is 17. The van der Waals surface area contributed by atoms with Gasteiger partial charge in [-0.25, -0.2) is 0 Å². The summed E-state index contributed by atoms with van der Waals surface area (Å²) in [5, 5.41) is 73.8. The third-order valence-electron chi connectivity index (χ3n) is 19.5. The minimum Gasteiger partial charge on any atom is -0.508 e. The molecule has 111 heavy (non-hydrogen) atoms. The first-order chi connectivity index (χ1) is 52.9. The number of unbranched alkanes of at least 4 members (excludes halogenated alkanes) is 1. The monoisotopic (exact) mass is 1570 g/mol. The van der Waals surface area contributed by atoms with Crippen LogP contribution in [0.25, 0.3) is 10.9 Å². The van der Waals surface area contributed by atoms with Gasteiger partial charge in [0.15, 0.2) is 0 Å². The molecule has 0 unspecified atom stereocenters. The van der Waals surface area contributed by atoms with Crippen LogP contribution in [-0.4, -0.2) is 300 Å². The molecule has 1 aromatic heterocycles. The fourth-order valence-corrected chi connectivity index (χ4v) is 14.4. The topological polar surface area (TPSA) is 558 Å². The van der Waals surface area contributed by atoms with E-state index in [2.05, 4.69) is 52.8 Å². The SMILES string of the molecule is CCCC[C@H]1C(=O)N[C@@H](CCC(=O)O)C(=O)NCCSCC(=O)N[C@@H](Cc2ccc(O)cc2)C(=O)N2CCCC[C@H]2C(=O)N[C@@H](CC(=O)O)C(=O)N2CCC[C@H]2C(=O)NCC(=O)N[C@@H](CCC(=O)O)C(=O)N2C[C@H](O)C[C@H]2C(=O)NCC(=O)N[C@@H](CCN)C(=O)N[C@@H](Cc2c[nH]c3ccccc23)C(=O)N(C)CC(=O)N1C. The number of phenols is 1. The highest BCUT2D eigenvalue weighted by Gasteiger charge is 2.45. The van der Waals surface area contributed by atoms with E-state index in [4.69, 9.17) is 5.73 Å². The smallest absolute Gasteiger partial charge is 0.305 e. The van der Waals surface area contributed by atoms with Crippen molar-refractivity contribution in [2.75, 3.05) is 78.0 Å². The summed E-state index contributed by atoms with van der Waals surface area (Å²) in [7, 11) is 2.58. The molecule has 4 aliphatic heterocycles. The van der Waals surface area contributed by atoms with Crippen molar-refractivity contribution in [3.8, 4) is 5.75 Å².